The van der Waals surface area contributed by atoms with Gasteiger partial charge in [0.15, 0.2) is 0 Å². The van der Waals surface area contributed by atoms with Crippen molar-refractivity contribution in [2.45, 2.75) is 58.2 Å². The summed E-state index contributed by atoms with van der Waals surface area (Å²) in [5, 5.41) is 0. The van der Waals surface area contributed by atoms with Crippen LogP contribution >= 0.6 is 0 Å². The van der Waals surface area contributed by atoms with Crippen molar-refractivity contribution < 1.29 is 0 Å². The average molecular weight is 298 g/mol. The molecule has 0 N–H and O–H groups in total. The van der Waals surface area contributed by atoms with Crippen LogP contribution in [0.25, 0.3) is 0 Å². The molecule has 22 heavy (non-hydrogen) atoms. The van der Waals surface area contributed by atoms with Gasteiger partial charge in [-0.25, -0.2) is 4.98 Å². The smallest absolute Gasteiger partial charge is 0.123 e. The SMILES string of the molecule is CC(C)n1ccnc1CN1CCC[C@H]1CCc1ccncc1. The molecule has 0 saturated carbocycles. The van der Waals surface area contributed by atoms with Crippen LogP contribution in [0.15, 0.2) is 36.9 Å². The summed E-state index contributed by atoms with van der Waals surface area (Å²) in [7, 11) is 0. The lowest BCUT2D eigenvalue weighted by atomic mass is 10.0. The van der Waals surface area contributed by atoms with Crippen LogP contribution in [0, 0.1) is 0 Å². The highest BCUT2D eigenvalue weighted by Crippen LogP contribution is 2.24. The molecule has 0 bridgehead atoms. The second kappa shape index (κ2) is 7.05. The summed E-state index contributed by atoms with van der Waals surface area (Å²) in [5.41, 5.74) is 1.39. The van der Waals surface area contributed by atoms with E-state index in [1.165, 1.54) is 37.2 Å². The Kier molecular flexibility index (Phi) is 4.88. The van der Waals surface area contributed by atoms with E-state index < -0.39 is 0 Å². The maximum atomic E-state index is 4.57. The zero-order valence-corrected chi connectivity index (χ0v) is 13.7. The molecule has 1 aliphatic rings. The molecular weight excluding hydrogens is 272 g/mol. The van der Waals surface area contributed by atoms with E-state index in [-0.39, 0.29) is 0 Å². The summed E-state index contributed by atoms with van der Waals surface area (Å²) in [6.45, 7) is 6.62. The standard InChI is InChI=1S/C18H26N4/c1-15(2)22-13-11-20-18(22)14-21-12-3-4-17(21)6-5-16-7-9-19-10-8-16/h7-11,13,15,17H,3-6,12,14H2,1-2H3/t17-/m0/s1. The number of hydrogen-bond donors (Lipinski definition) is 0. The Balaban J connectivity index is 1.60. The predicted octanol–water partition coefficient (Wildman–Crippen LogP) is 3.46. The molecular formula is C18H26N4. The summed E-state index contributed by atoms with van der Waals surface area (Å²) in [6, 6.07) is 5.43. The summed E-state index contributed by atoms with van der Waals surface area (Å²) in [5.74, 6) is 1.20. The highest BCUT2D eigenvalue weighted by atomic mass is 15.2. The Morgan fingerprint density at radius 3 is 2.82 bits per heavy atom. The molecule has 118 valence electrons. The number of nitrogens with zero attached hydrogens (tertiary/aromatic N) is 4. The highest BCUT2D eigenvalue weighted by Gasteiger charge is 2.25. The van der Waals surface area contributed by atoms with Gasteiger partial charge in [0.2, 0.25) is 0 Å². The lowest BCUT2D eigenvalue weighted by molar-refractivity contribution is 0.225. The molecule has 4 heteroatoms. The van der Waals surface area contributed by atoms with Gasteiger partial charge in [-0.1, -0.05) is 0 Å². The quantitative estimate of drug-likeness (QED) is 0.819. The molecule has 2 aromatic heterocycles. The Morgan fingerprint density at radius 2 is 2.05 bits per heavy atom. The number of pyridine rings is 1. The van der Waals surface area contributed by atoms with Crippen LogP contribution in [0.2, 0.25) is 0 Å². The van der Waals surface area contributed by atoms with Gasteiger partial charge in [0.1, 0.15) is 5.82 Å². The average Bonchev–Trinajstić information content (AvgIpc) is 3.16. The van der Waals surface area contributed by atoms with Gasteiger partial charge in [-0.05, 0) is 63.8 Å². The van der Waals surface area contributed by atoms with Crippen LogP contribution in [0.3, 0.4) is 0 Å². The van der Waals surface area contributed by atoms with Crippen molar-refractivity contribution in [3.8, 4) is 0 Å². The van der Waals surface area contributed by atoms with Gasteiger partial charge in [-0.2, -0.15) is 0 Å². The van der Waals surface area contributed by atoms with Gasteiger partial charge in [0, 0.05) is 36.9 Å². The Morgan fingerprint density at radius 1 is 1.23 bits per heavy atom. The first-order chi connectivity index (χ1) is 10.7. The normalized spacial score (nSPS) is 19.1. The number of aryl methyl sites for hydroxylation is 1. The molecule has 1 atom stereocenters. The first-order valence-corrected chi connectivity index (χ1v) is 8.38. The fraction of sp³-hybridized carbons (Fsp3) is 0.556. The van der Waals surface area contributed by atoms with Gasteiger partial charge in [0.05, 0.1) is 6.54 Å². The zero-order valence-electron chi connectivity index (χ0n) is 13.7. The fourth-order valence-corrected chi connectivity index (χ4v) is 3.43. The van der Waals surface area contributed by atoms with Crippen molar-refractivity contribution in [2.75, 3.05) is 6.54 Å². The van der Waals surface area contributed by atoms with Gasteiger partial charge in [0.25, 0.3) is 0 Å². The van der Waals surface area contributed by atoms with Crippen LogP contribution < -0.4 is 0 Å². The number of aromatic nitrogens is 3. The molecule has 1 fully saturated rings. The van der Waals surface area contributed by atoms with E-state index in [1.54, 1.807) is 0 Å². The molecule has 1 aliphatic heterocycles. The second-order valence-electron chi connectivity index (χ2n) is 6.51. The molecule has 2 aromatic rings. The van der Waals surface area contributed by atoms with Crippen molar-refractivity contribution in [1.29, 1.82) is 0 Å². The zero-order chi connectivity index (χ0) is 15.4. The topological polar surface area (TPSA) is 34.0 Å². The van der Waals surface area contributed by atoms with Crippen molar-refractivity contribution in [2.24, 2.45) is 0 Å². The third kappa shape index (κ3) is 3.55. The summed E-state index contributed by atoms with van der Waals surface area (Å²) < 4.78 is 2.29. The summed E-state index contributed by atoms with van der Waals surface area (Å²) in [4.78, 5) is 11.3. The molecule has 3 heterocycles. The molecule has 0 radical (unpaired) electrons. The van der Waals surface area contributed by atoms with Gasteiger partial charge < -0.3 is 4.57 Å². The maximum absolute atomic E-state index is 4.57. The number of imidazole rings is 1. The van der Waals surface area contributed by atoms with Gasteiger partial charge in [-0.15, -0.1) is 0 Å². The van der Waals surface area contributed by atoms with E-state index in [0.29, 0.717) is 12.1 Å². The monoisotopic (exact) mass is 298 g/mol. The van der Waals surface area contributed by atoms with Crippen LogP contribution in [0.4, 0.5) is 0 Å². The van der Waals surface area contributed by atoms with E-state index in [9.17, 15) is 0 Å². The summed E-state index contributed by atoms with van der Waals surface area (Å²) in [6.07, 6.45) is 12.8. The predicted molar refractivity (Wildman–Crippen MR) is 88.6 cm³/mol. The first kappa shape index (κ1) is 15.2. The Bertz CT molecular complexity index is 576. The minimum atomic E-state index is 0.482. The Labute approximate surface area is 133 Å². The van der Waals surface area contributed by atoms with Crippen LogP contribution in [0.5, 0.6) is 0 Å². The largest absolute Gasteiger partial charge is 0.331 e. The van der Waals surface area contributed by atoms with Crippen molar-refractivity contribution in [3.05, 3.63) is 48.3 Å². The molecule has 0 aliphatic carbocycles. The van der Waals surface area contributed by atoms with E-state index in [1.807, 2.05) is 18.6 Å². The first-order valence-electron chi connectivity index (χ1n) is 8.38. The van der Waals surface area contributed by atoms with Crippen molar-refractivity contribution in [3.63, 3.8) is 0 Å². The Hall–Kier alpha value is -1.68. The number of likely N-dealkylation sites (tertiary alicyclic amines) is 1. The van der Waals surface area contributed by atoms with E-state index in [4.69, 9.17) is 0 Å². The van der Waals surface area contributed by atoms with Gasteiger partial charge in [-0.3, -0.25) is 9.88 Å². The minimum Gasteiger partial charge on any atom is -0.331 e. The lowest BCUT2D eigenvalue weighted by Gasteiger charge is -2.25. The lowest BCUT2D eigenvalue weighted by Crippen LogP contribution is -2.30. The molecule has 4 nitrogen and oxygen atoms in total. The molecule has 0 unspecified atom stereocenters. The molecule has 3 rings (SSSR count). The third-order valence-corrected chi connectivity index (χ3v) is 4.66. The molecule has 0 spiro atoms. The van der Waals surface area contributed by atoms with Crippen LogP contribution in [0.1, 0.15) is 50.5 Å². The van der Waals surface area contributed by atoms with E-state index >= 15 is 0 Å². The van der Waals surface area contributed by atoms with Gasteiger partial charge >= 0.3 is 0 Å². The van der Waals surface area contributed by atoms with Crippen molar-refractivity contribution >= 4 is 0 Å². The van der Waals surface area contributed by atoms with E-state index in [0.717, 1.165) is 13.0 Å². The third-order valence-electron chi connectivity index (χ3n) is 4.66. The summed E-state index contributed by atoms with van der Waals surface area (Å²) >= 11 is 0. The van der Waals surface area contributed by atoms with Crippen LogP contribution in [-0.4, -0.2) is 32.0 Å². The number of hydrogen-bond acceptors (Lipinski definition) is 3. The maximum Gasteiger partial charge on any atom is 0.123 e. The molecule has 0 amide bonds. The highest BCUT2D eigenvalue weighted by molar-refractivity contribution is 5.10. The minimum absolute atomic E-state index is 0.482. The van der Waals surface area contributed by atoms with E-state index in [2.05, 4.69) is 51.6 Å². The van der Waals surface area contributed by atoms with Crippen molar-refractivity contribution in [1.82, 2.24) is 19.4 Å². The fourth-order valence-electron chi connectivity index (χ4n) is 3.43. The molecule has 0 aromatic carbocycles. The molecule has 1 saturated heterocycles. The number of rotatable bonds is 6. The second-order valence-corrected chi connectivity index (χ2v) is 6.51. The van der Waals surface area contributed by atoms with Crippen LogP contribution in [-0.2, 0) is 13.0 Å².